The number of carbonyl (C=O) groups excluding carboxylic acids is 1. The van der Waals surface area contributed by atoms with E-state index in [-0.39, 0.29) is 5.78 Å². The first-order chi connectivity index (χ1) is 16.4. The van der Waals surface area contributed by atoms with E-state index in [2.05, 4.69) is 9.80 Å². The second-order valence-corrected chi connectivity index (χ2v) is 11.0. The fourth-order valence-corrected chi connectivity index (χ4v) is 6.34. The Labute approximate surface area is 201 Å². The number of Topliss-reactive ketones (excluding diaryl/α,β-unsaturated/α-hetero) is 1. The van der Waals surface area contributed by atoms with Crippen molar-refractivity contribution >= 4 is 38.2 Å². The number of hydrogen-bond acceptors (Lipinski definition) is 6. The molecule has 8 heteroatoms. The number of aromatic nitrogens is 1. The summed E-state index contributed by atoms with van der Waals surface area (Å²) in [5.74, 6) is 0.987. The molecule has 34 heavy (non-hydrogen) atoms. The van der Waals surface area contributed by atoms with Gasteiger partial charge in [-0.2, -0.15) is 4.31 Å². The number of pyridine rings is 1. The molecule has 2 aliphatic heterocycles. The van der Waals surface area contributed by atoms with E-state index in [9.17, 15) is 13.2 Å². The van der Waals surface area contributed by atoms with Gasteiger partial charge in [0, 0.05) is 55.9 Å². The van der Waals surface area contributed by atoms with Crippen molar-refractivity contribution in [3.05, 3.63) is 60.2 Å². The monoisotopic (exact) mass is 478 g/mol. The Kier molecular flexibility index (Phi) is 6.27. The Bertz CT molecular complexity index is 1290. The fraction of sp³-hybridized carbons (Fsp3) is 0.385. The molecule has 0 amide bonds. The maximum Gasteiger partial charge on any atom is 0.243 e. The predicted molar refractivity (Wildman–Crippen MR) is 135 cm³/mol. The van der Waals surface area contributed by atoms with Gasteiger partial charge in [0.2, 0.25) is 10.0 Å². The fourth-order valence-electron chi connectivity index (χ4n) is 4.78. The van der Waals surface area contributed by atoms with Gasteiger partial charge < -0.3 is 9.80 Å². The minimum Gasteiger partial charge on any atom is -0.368 e. The average Bonchev–Trinajstić information content (AvgIpc) is 2.88. The number of anilines is 2. The Morgan fingerprint density at radius 1 is 0.794 bits per heavy atom. The van der Waals surface area contributed by atoms with Crippen LogP contribution in [0.4, 0.5) is 11.5 Å². The van der Waals surface area contributed by atoms with Crippen LogP contribution in [0.25, 0.3) is 10.9 Å². The molecule has 2 aliphatic rings. The van der Waals surface area contributed by atoms with Crippen LogP contribution >= 0.6 is 0 Å². The largest absolute Gasteiger partial charge is 0.368 e. The van der Waals surface area contributed by atoms with Crippen molar-refractivity contribution in [1.29, 1.82) is 0 Å². The number of fused-ring (bicyclic) bond motifs is 1. The van der Waals surface area contributed by atoms with Crippen LogP contribution < -0.4 is 9.80 Å². The average molecular weight is 479 g/mol. The highest BCUT2D eigenvalue weighted by Crippen LogP contribution is 2.26. The number of piperidine rings is 1. The number of benzene rings is 2. The molecule has 178 valence electrons. The minimum atomic E-state index is -3.45. The van der Waals surface area contributed by atoms with E-state index in [4.69, 9.17) is 4.98 Å². The van der Waals surface area contributed by atoms with Crippen LogP contribution in [0.2, 0.25) is 0 Å². The molecule has 0 aliphatic carbocycles. The molecule has 0 unspecified atom stereocenters. The lowest BCUT2D eigenvalue weighted by Gasteiger charge is -2.36. The summed E-state index contributed by atoms with van der Waals surface area (Å²) in [6.45, 7) is 6.20. The second-order valence-electron chi connectivity index (χ2n) is 9.07. The lowest BCUT2D eigenvalue weighted by atomic mass is 10.1. The highest BCUT2D eigenvalue weighted by molar-refractivity contribution is 7.89. The van der Waals surface area contributed by atoms with E-state index in [1.807, 2.05) is 42.5 Å². The summed E-state index contributed by atoms with van der Waals surface area (Å²) in [7, 11) is -3.45. The normalized spacial score (nSPS) is 17.8. The highest BCUT2D eigenvalue weighted by Gasteiger charge is 2.26. The van der Waals surface area contributed by atoms with E-state index in [0.29, 0.717) is 18.0 Å². The van der Waals surface area contributed by atoms with E-state index in [1.54, 1.807) is 23.4 Å². The molecule has 0 N–H and O–H groups in total. The van der Waals surface area contributed by atoms with Crippen molar-refractivity contribution < 1.29 is 13.2 Å². The minimum absolute atomic E-state index is 0.0787. The number of rotatable bonds is 5. The van der Waals surface area contributed by atoms with E-state index < -0.39 is 10.0 Å². The molecule has 3 aromatic rings. The summed E-state index contributed by atoms with van der Waals surface area (Å²) in [5.41, 5.74) is 2.66. The van der Waals surface area contributed by atoms with E-state index in [1.165, 1.54) is 0 Å². The van der Waals surface area contributed by atoms with Crippen molar-refractivity contribution in [2.75, 3.05) is 49.1 Å². The maximum atomic E-state index is 13.0. The van der Waals surface area contributed by atoms with Crippen molar-refractivity contribution in [3.8, 4) is 0 Å². The van der Waals surface area contributed by atoms with Gasteiger partial charge in [0.25, 0.3) is 0 Å². The molecular formula is C26H30N4O3S. The molecule has 0 bridgehead atoms. The Morgan fingerprint density at radius 2 is 1.47 bits per heavy atom. The van der Waals surface area contributed by atoms with Gasteiger partial charge >= 0.3 is 0 Å². The molecule has 0 spiro atoms. The number of hydrogen-bond donors (Lipinski definition) is 0. The first-order valence-corrected chi connectivity index (χ1v) is 13.4. The Hall–Kier alpha value is -2.97. The molecule has 5 rings (SSSR count). The predicted octanol–water partition coefficient (Wildman–Crippen LogP) is 3.94. The van der Waals surface area contributed by atoms with Gasteiger partial charge in [-0.05, 0) is 74.4 Å². The second kappa shape index (κ2) is 9.35. The van der Waals surface area contributed by atoms with Crippen LogP contribution in [0.15, 0.2) is 59.5 Å². The highest BCUT2D eigenvalue weighted by atomic mass is 32.2. The van der Waals surface area contributed by atoms with Crippen LogP contribution in [0.3, 0.4) is 0 Å². The molecule has 0 radical (unpaired) electrons. The van der Waals surface area contributed by atoms with Gasteiger partial charge in [-0.3, -0.25) is 4.79 Å². The summed E-state index contributed by atoms with van der Waals surface area (Å²) in [5, 5.41) is 0.839. The lowest BCUT2D eigenvalue weighted by molar-refractivity contribution is 0.101. The number of piperazine rings is 1. The standard InChI is InChI=1S/C26H30N4O3S/c1-20(31)21-5-8-23(9-6-21)28-15-17-29(18-16-28)26-12-7-22-19-24(10-11-25(22)27-26)34(32,33)30-13-3-2-4-14-30/h5-12,19H,2-4,13-18H2,1H3. The topological polar surface area (TPSA) is 73.8 Å². The zero-order valence-electron chi connectivity index (χ0n) is 19.5. The maximum absolute atomic E-state index is 13.0. The van der Waals surface area contributed by atoms with Crippen LogP contribution in [0.5, 0.6) is 0 Å². The van der Waals surface area contributed by atoms with Gasteiger partial charge in [0.05, 0.1) is 10.4 Å². The van der Waals surface area contributed by atoms with Gasteiger partial charge in [0.1, 0.15) is 5.82 Å². The zero-order chi connectivity index (χ0) is 23.7. The van der Waals surface area contributed by atoms with Crippen molar-refractivity contribution in [1.82, 2.24) is 9.29 Å². The molecule has 3 heterocycles. The first kappa shape index (κ1) is 22.8. The quantitative estimate of drug-likeness (QED) is 0.517. The Balaban J connectivity index is 1.28. The smallest absolute Gasteiger partial charge is 0.243 e. The van der Waals surface area contributed by atoms with Crippen molar-refractivity contribution in [2.24, 2.45) is 0 Å². The zero-order valence-corrected chi connectivity index (χ0v) is 20.3. The van der Waals surface area contributed by atoms with E-state index >= 15 is 0 Å². The third kappa shape index (κ3) is 4.52. The molecule has 0 saturated carbocycles. The van der Waals surface area contributed by atoms with Gasteiger partial charge in [-0.1, -0.05) is 6.42 Å². The molecule has 2 saturated heterocycles. The summed E-state index contributed by atoms with van der Waals surface area (Å²) < 4.78 is 27.6. The lowest BCUT2D eigenvalue weighted by Crippen LogP contribution is -2.46. The van der Waals surface area contributed by atoms with Crippen LogP contribution in [-0.2, 0) is 10.0 Å². The third-order valence-electron chi connectivity index (χ3n) is 6.84. The number of ketones is 1. The molecule has 2 aromatic carbocycles. The van der Waals surface area contributed by atoms with Crippen LogP contribution in [0, 0.1) is 0 Å². The number of sulfonamides is 1. The summed E-state index contributed by atoms with van der Waals surface area (Å²) in [6, 6.07) is 17.0. The van der Waals surface area contributed by atoms with Gasteiger partial charge in [-0.25, -0.2) is 13.4 Å². The Morgan fingerprint density at radius 3 is 2.15 bits per heavy atom. The third-order valence-corrected chi connectivity index (χ3v) is 8.74. The van der Waals surface area contributed by atoms with Crippen LogP contribution in [-0.4, -0.2) is 62.8 Å². The molecule has 0 atom stereocenters. The summed E-state index contributed by atoms with van der Waals surface area (Å²) in [4.78, 5) is 21.3. The first-order valence-electron chi connectivity index (χ1n) is 11.9. The molecular weight excluding hydrogens is 448 g/mol. The SMILES string of the molecule is CC(=O)c1ccc(N2CCN(c3ccc4cc(S(=O)(=O)N5CCCCC5)ccc4n3)CC2)cc1. The van der Waals surface area contributed by atoms with Crippen molar-refractivity contribution in [2.45, 2.75) is 31.1 Å². The van der Waals surface area contributed by atoms with Gasteiger partial charge in [0.15, 0.2) is 5.78 Å². The number of carbonyl (C=O) groups is 1. The summed E-state index contributed by atoms with van der Waals surface area (Å²) >= 11 is 0. The van der Waals surface area contributed by atoms with Crippen LogP contribution in [0.1, 0.15) is 36.5 Å². The summed E-state index contributed by atoms with van der Waals surface area (Å²) in [6.07, 6.45) is 2.94. The van der Waals surface area contributed by atoms with Crippen molar-refractivity contribution in [3.63, 3.8) is 0 Å². The number of nitrogens with zero attached hydrogens (tertiary/aromatic N) is 4. The molecule has 7 nitrogen and oxygen atoms in total. The van der Waals surface area contributed by atoms with E-state index in [0.717, 1.165) is 73.4 Å². The van der Waals surface area contributed by atoms with Gasteiger partial charge in [-0.15, -0.1) is 0 Å². The molecule has 2 fully saturated rings. The molecule has 1 aromatic heterocycles.